The Kier molecular flexibility index (Phi) is 32.2. The standard InChI is InChI=1S/C36H69NO2/c1-3-5-7-9-11-13-15-17-19-20-22-24-26-28-30-32-34-39-36(38)35(37)33-31-29-27-25-23-21-18-16-14-12-10-8-6-4-2/h17-19,21,35H,3-16,20,22-34,37H2,1-2H3/b19-17-,21-18-. The molecule has 0 spiro atoms. The molecule has 1 unspecified atom stereocenters. The highest BCUT2D eigenvalue weighted by atomic mass is 16.5. The first kappa shape index (κ1) is 37.9. The van der Waals surface area contributed by atoms with Gasteiger partial charge in [-0.25, -0.2) is 0 Å². The molecule has 0 saturated heterocycles. The maximum Gasteiger partial charge on any atom is 0.322 e. The molecule has 0 aromatic heterocycles. The Bertz CT molecular complexity index is 542. The Morgan fingerprint density at radius 1 is 0.513 bits per heavy atom. The molecule has 3 nitrogen and oxygen atoms in total. The minimum Gasteiger partial charge on any atom is -0.465 e. The van der Waals surface area contributed by atoms with E-state index in [2.05, 4.69) is 38.2 Å². The summed E-state index contributed by atoms with van der Waals surface area (Å²) in [4.78, 5) is 12.1. The molecule has 0 fully saturated rings. The van der Waals surface area contributed by atoms with E-state index in [1.54, 1.807) is 0 Å². The Hall–Kier alpha value is -1.09. The number of unbranched alkanes of at least 4 members (excludes halogenated alkanes) is 22. The average Bonchev–Trinajstić information content (AvgIpc) is 2.94. The first-order chi connectivity index (χ1) is 19.2. The van der Waals surface area contributed by atoms with Gasteiger partial charge in [-0.05, 0) is 64.2 Å². The van der Waals surface area contributed by atoms with Gasteiger partial charge in [0.05, 0.1) is 6.61 Å². The first-order valence-electron chi connectivity index (χ1n) is 17.4. The summed E-state index contributed by atoms with van der Waals surface area (Å²) in [6.07, 6.45) is 43.5. The summed E-state index contributed by atoms with van der Waals surface area (Å²) < 4.78 is 5.41. The molecule has 0 saturated carbocycles. The summed E-state index contributed by atoms with van der Waals surface area (Å²) in [5, 5.41) is 0. The molecule has 1 atom stereocenters. The lowest BCUT2D eigenvalue weighted by Crippen LogP contribution is -2.32. The van der Waals surface area contributed by atoms with Gasteiger partial charge in [-0.3, -0.25) is 4.79 Å². The third-order valence-corrected chi connectivity index (χ3v) is 7.73. The molecule has 2 N–H and O–H groups in total. The minimum absolute atomic E-state index is 0.208. The third kappa shape index (κ3) is 31.3. The highest BCUT2D eigenvalue weighted by Gasteiger charge is 2.14. The van der Waals surface area contributed by atoms with E-state index >= 15 is 0 Å². The van der Waals surface area contributed by atoms with E-state index < -0.39 is 6.04 Å². The number of allylic oxidation sites excluding steroid dienone is 4. The van der Waals surface area contributed by atoms with Crippen molar-refractivity contribution in [3.8, 4) is 0 Å². The van der Waals surface area contributed by atoms with Gasteiger partial charge in [0, 0.05) is 0 Å². The molecule has 0 radical (unpaired) electrons. The van der Waals surface area contributed by atoms with Crippen molar-refractivity contribution in [2.45, 2.75) is 193 Å². The van der Waals surface area contributed by atoms with E-state index in [4.69, 9.17) is 10.5 Å². The van der Waals surface area contributed by atoms with E-state index in [1.165, 1.54) is 141 Å². The lowest BCUT2D eigenvalue weighted by atomic mass is 10.1. The molecular formula is C36H69NO2. The Morgan fingerprint density at radius 3 is 1.26 bits per heavy atom. The molecule has 39 heavy (non-hydrogen) atoms. The molecule has 0 amide bonds. The predicted octanol–water partition coefficient (Wildman–Crippen LogP) is 11.5. The molecule has 0 aliphatic carbocycles. The molecule has 230 valence electrons. The lowest BCUT2D eigenvalue weighted by molar-refractivity contribution is -0.145. The van der Waals surface area contributed by atoms with Crippen molar-refractivity contribution in [2.75, 3.05) is 6.61 Å². The summed E-state index contributed by atoms with van der Waals surface area (Å²) in [6, 6.07) is -0.448. The van der Waals surface area contributed by atoms with Crippen molar-refractivity contribution in [3.05, 3.63) is 24.3 Å². The van der Waals surface area contributed by atoms with Crippen LogP contribution in [0.2, 0.25) is 0 Å². The zero-order valence-corrected chi connectivity index (χ0v) is 26.6. The van der Waals surface area contributed by atoms with Crippen LogP contribution in [0.5, 0.6) is 0 Å². The van der Waals surface area contributed by atoms with Crippen LogP contribution < -0.4 is 5.73 Å². The summed E-state index contributed by atoms with van der Waals surface area (Å²) in [6.45, 7) is 5.07. The summed E-state index contributed by atoms with van der Waals surface area (Å²) in [5.41, 5.74) is 6.04. The van der Waals surface area contributed by atoms with Gasteiger partial charge in [-0.2, -0.15) is 0 Å². The summed E-state index contributed by atoms with van der Waals surface area (Å²) in [7, 11) is 0. The van der Waals surface area contributed by atoms with Crippen LogP contribution >= 0.6 is 0 Å². The van der Waals surface area contributed by atoms with Crippen LogP contribution in [0.1, 0.15) is 187 Å². The second-order valence-electron chi connectivity index (χ2n) is 11.7. The van der Waals surface area contributed by atoms with Crippen LogP contribution in [0.15, 0.2) is 24.3 Å². The second kappa shape index (κ2) is 33.1. The maximum atomic E-state index is 12.1. The smallest absolute Gasteiger partial charge is 0.322 e. The van der Waals surface area contributed by atoms with E-state index in [0.717, 1.165) is 32.1 Å². The van der Waals surface area contributed by atoms with Crippen molar-refractivity contribution in [1.29, 1.82) is 0 Å². The van der Waals surface area contributed by atoms with Gasteiger partial charge in [0.2, 0.25) is 0 Å². The SMILES string of the molecule is CCCCCCCC/C=C\CCCCCCCCOC(=O)C(N)CCCCCC/C=C\CCCCCCCC. The number of esters is 1. The van der Waals surface area contributed by atoms with E-state index in [-0.39, 0.29) is 5.97 Å². The van der Waals surface area contributed by atoms with Crippen molar-refractivity contribution in [3.63, 3.8) is 0 Å². The number of ether oxygens (including phenoxy) is 1. The minimum atomic E-state index is -0.448. The van der Waals surface area contributed by atoms with E-state index in [1.807, 2.05) is 0 Å². The fourth-order valence-electron chi connectivity index (χ4n) is 5.01. The molecule has 3 heteroatoms. The number of rotatable bonds is 31. The van der Waals surface area contributed by atoms with Gasteiger partial charge < -0.3 is 10.5 Å². The monoisotopic (exact) mass is 548 g/mol. The van der Waals surface area contributed by atoms with E-state index in [0.29, 0.717) is 6.61 Å². The zero-order chi connectivity index (χ0) is 28.5. The molecule has 0 rings (SSSR count). The van der Waals surface area contributed by atoms with Crippen molar-refractivity contribution in [2.24, 2.45) is 5.73 Å². The summed E-state index contributed by atoms with van der Waals surface area (Å²) >= 11 is 0. The summed E-state index contributed by atoms with van der Waals surface area (Å²) in [5.74, 6) is -0.208. The van der Waals surface area contributed by atoms with Gasteiger partial charge >= 0.3 is 5.97 Å². The van der Waals surface area contributed by atoms with Crippen LogP contribution in [0, 0.1) is 0 Å². The molecule has 0 heterocycles. The highest BCUT2D eigenvalue weighted by molar-refractivity contribution is 5.75. The van der Waals surface area contributed by atoms with Crippen LogP contribution in [0.3, 0.4) is 0 Å². The molecule has 0 aromatic rings. The number of carbonyl (C=O) groups excluding carboxylic acids is 1. The number of nitrogens with two attached hydrogens (primary N) is 1. The average molecular weight is 548 g/mol. The Morgan fingerprint density at radius 2 is 0.846 bits per heavy atom. The first-order valence-corrected chi connectivity index (χ1v) is 17.4. The Labute approximate surface area is 245 Å². The highest BCUT2D eigenvalue weighted by Crippen LogP contribution is 2.12. The van der Waals surface area contributed by atoms with Gasteiger partial charge in [0.1, 0.15) is 6.04 Å². The molecule has 0 aromatic carbocycles. The quantitative estimate of drug-likeness (QED) is 0.0533. The lowest BCUT2D eigenvalue weighted by Gasteiger charge is -2.11. The molecule has 0 aliphatic rings. The van der Waals surface area contributed by atoms with Gasteiger partial charge in [0.25, 0.3) is 0 Å². The third-order valence-electron chi connectivity index (χ3n) is 7.73. The van der Waals surface area contributed by atoms with Crippen molar-refractivity contribution < 1.29 is 9.53 Å². The molecule has 0 aliphatic heterocycles. The number of hydrogen-bond donors (Lipinski definition) is 1. The topological polar surface area (TPSA) is 52.3 Å². The van der Waals surface area contributed by atoms with Gasteiger partial charge in [-0.1, -0.05) is 147 Å². The fourth-order valence-corrected chi connectivity index (χ4v) is 5.01. The molecule has 0 bridgehead atoms. The predicted molar refractivity (Wildman–Crippen MR) is 173 cm³/mol. The maximum absolute atomic E-state index is 12.1. The molecular weight excluding hydrogens is 478 g/mol. The van der Waals surface area contributed by atoms with Gasteiger partial charge in [0.15, 0.2) is 0 Å². The van der Waals surface area contributed by atoms with Crippen LogP contribution in [0.4, 0.5) is 0 Å². The normalized spacial score (nSPS) is 12.6. The van der Waals surface area contributed by atoms with E-state index in [9.17, 15) is 4.79 Å². The number of carbonyl (C=O) groups is 1. The van der Waals surface area contributed by atoms with Crippen LogP contribution in [0.25, 0.3) is 0 Å². The fraction of sp³-hybridized carbons (Fsp3) is 0.861. The van der Waals surface area contributed by atoms with Crippen LogP contribution in [-0.4, -0.2) is 18.6 Å². The largest absolute Gasteiger partial charge is 0.465 e. The van der Waals surface area contributed by atoms with Crippen molar-refractivity contribution >= 4 is 5.97 Å². The number of hydrogen-bond acceptors (Lipinski definition) is 3. The Balaban J connectivity index is 3.36. The zero-order valence-electron chi connectivity index (χ0n) is 26.6. The van der Waals surface area contributed by atoms with Gasteiger partial charge in [-0.15, -0.1) is 0 Å². The van der Waals surface area contributed by atoms with Crippen molar-refractivity contribution in [1.82, 2.24) is 0 Å². The van der Waals surface area contributed by atoms with Crippen LogP contribution in [-0.2, 0) is 9.53 Å². The second-order valence-corrected chi connectivity index (χ2v) is 11.7.